The second kappa shape index (κ2) is 5.48. The third kappa shape index (κ3) is 3.33. The molecule has 16 heavy (non-hydrogen) atoms. The van der Waals surface area contributed by atoms with E-state index in [1.165, 1.54) is 14.2 Å². The molecule has 2 aromatic rings. The van der Waals surface area contributed by atoms with Gasteiger partial charge in [0.05, 0.1) is 3.79 Å². The minimum absolute atomic E-state index is 0.818. The van der Waals surface area contributed by atoms with Crippen molar-refractivity contribution in [1.29, 1.82) is 0 Å². The Morgan fingerprint density at radius 3 is 2.75 bits per heavy atom. The number of hydrogen-bond donors (Lipinski definition) is 2. The fourth-order valence-corrected chi connectivity index (χ4v) is 2.93. The van der Waals surface area contributed by atoms with E-state index in [4.69, 9.17) is 5.73 Å². The summed E-state index contributed by atoms with van der Waals surface area (Å²) in [5.74, 6) is 0. The highest BCUT2D eigenvalue weighted by Crippen LogP contribution is 2.21. The Kier molecular flexibility index (Phi) is 3.98. The smallest absolute Gasteiger partial charge is 0.0701 e. The van der Waals surface area contributed by atoms with Crippen LogP contribution in [0.4, 0.5) is 5.69 Å². The first-order chi connectivity index (χ1) is 7.74. The zero-order valence-corrected chi connectivity index (χ0v) is 11.1. The molecule has 4 heteroatoms. The Balaban J connectivity index is 1.84. The van der Waals surface area contributed by atoms with Crippen LogP contribution in [0, 0.1) is 0 Å². The van der Waals surface area contributed by atoms with Crippen LogP contribution in [0.3, 0.4) is 0 Å². The quantitative estimate of drug-likeness (QED) is 0.849. The molecule has 0 fully saturated rings. The van der Waals surface area contributed by atoms with Crippen LogP contribution in [-0.4, -0.2) is 0 Å². The summed E-state index contributed by atoms with van der Waals surface area (Å²) in [6.07, 6.45) is 0. The van der Waals surface area contributed by atoms with E-state index in [1.54, 1.807) is 11.3 Å². The van der Waals surface area contributed by atoms with Crippen LogP contribution in [0.1, 0.15) is 10.4 Å². The summed E-state index contributed by atoms with van der Waals surface area (Å²) in [6.45, 7) is 1.74. The van der Waals surface area contributed by atoms with E-state index < -0.39 is 0 Å². The third-order valence-electron chi connectivity index (χ3n) is 2.21. The Hall–Kier alpha value is -0.840. The first-order valence-corrected chi connectivity index (χ1v) is 6.64. The van der Waals surface area contributed by atoms with Crippen molar-refractivity contribution in [1.82, 2.24) is 5.32 Å². The molecular weight excluding hydrogens is 284 g/mol. The van der Waals surface area contributed by atoms with Gasteiger partial charge in [0.25, 0.3) is 0 Å². The maximum atomic E-state index is 5.71. The van der Waals surface area contributed by atoms with Gasteiger partial charge >= 0.3 is 0 Å². The van der Waals surface area contributed by atoms with Crippen LogP contribution < -0.4 is 11.1 Å². The first kappa shape index (κ1) is 11.6. The fourth-order valence-electron chi connectivity index (χ4n) is 1.48. The minimum atomic E-state index is 0.818. The molecule has 1 aromatic carbocycles. The van der Waals surface area contributed by atoms with Gasteiger partial charge in [-0.05, 0) is 45.8 Å². The van der Waals surface area contributed by atoms with Crippen LogP contribution in [-0.2, 0) is 13.1 Å². The number of halogens is 1. The highest BCUT2D eigenvalue weighted by atomic mass is 79.9. The highest BCUT2D eigenvalue weighted by Gasteiger charge is 1.97. The van der Waals surface area contributed by atoms with Crippen LogP contribution in [0.25, 0.3) is 0 Å². The molecule has 84 valence electrons. The van der Waals surface area contributed by atoms with E-state index in [0.29, 0.717) is 0 Å². The topological polar surface area (TPSA) is 38.0 Å². The molecule has 0 spiro atoms. The number of nitrogens with one attached hydrogen (secondary N) is 1. The molecule has 0 bridgehead atoms. The van der Waals surface area contributed by atoms with Crippen LogP contribution in [0.5, 0.6) is 0 Å². The van der Waals surface area contributed by atoms with Crippen molar-refractivity contribution in [2.75, 3.05) is 5.73 Å². The summed E-state index contributed by atoms with van der Waals surface area (Å²) < 4.78 is 1.17. The van der Waals surface area contributed by atoms with Crippen molar-refractivity contribution >= 4 is 33.0 Å². The minimum Gasteiger partial charge on any atom is -0.399 e. The molecule has 3 N–H and O–H groups in total. The molecule has 0 amide bonds. The van der Waals surface area contributed by atoms with E-state index in [0.717, 1.165) is 18.8 Å². The summed E-state index contributed by atoms with van der Waals surface area (Å²) in [5, 5.41) is 3.39. The maximum Gasteiger partial charge on any atom is 0.0701 e. The van der Waals surface area contributed by atoms with Crippen LogP contribution in [0.2, 0.25) is 0 Å². The first-order valence-electron chi connectivity index (χ1n) is 5.03. The van der Waals surface area contributed by atoms with Gasteiger partial charge in [-0.25, -0.2) is 0 Å². The van der Waals surface area contributed by atoms with Gasteiger partial charge in [-0.2, -0.15) is 0 Å². The monoisotopic (exact) mass is 296 g/mol. The zero-order valence-electron chi connectivity index (χ0n) is 8.74. The number of nitrogen functional groups attached to an aromatic ring is 1. The van der Waals surface area contributed by atoms with Crippen molar-refractivity contribution in [3.8, 4) is 0 Å². The average Bonchev–Trinajstić information content (AvgIpc) is 2.64. The van der Waals surface area contributed by atoms with E-state index in [-0.39, 0.29) is 0 Å². The van der Waals surface area contributed by atoms with Crippen molar-refractivity contribution in [3.05, 3.63) is 50.6 Å². The van der Waals surface area contributed by atoms with Crippen molar-refractivity contribution in [2.45, 2.75) is 13.1 Å². The summed E-state index contributed by atoms with van der Waals surface area (Å²) >= 11 is 5.21. The summed E-state index contributed by atoms with van der Waals surface area (Å²) in [4.78, 5) is 1.33. The SMILES string of the molecule is Nc1cccc(CNCc2ccc(Br)s2)c1. The molecule has 0 saturated carbocycles. The Morgan fingerprint density at radius 1 is 1.19 bits per heavy atom. The largest absolute Gasteiger partial charge is 0.399 e. The lowest BCUT2D eigenvalue weighted by Crippen LogP contribution is -2.11. The predicted molar refractivity (Wildman–Crippen MR) is 73.4 cm³/mol. The van der Waals surface area contributed by atoms with Gasteiger partial charge in [0, 0.05) is 23.7 Å². The van der Waals surface area contributed by atoms with Gasteiger partial charge in [-0.15, -0.1) is 11.3 Å². The molecule has 0 saturated heterocycles. The molecule has 1 aromatic heterocycles. The fraction of sp³-hybridized carbons (Fsp3) is 0.167. The standard InChI is InChI=1S/C12H13BrN2S/c13-12-5-4-11(16-12)8-15-7-9-2-1-3-10(14)6-9/h1-6,15H,7-8,14H2. The Morgan fingerprint density at radius 2 is 2.06 bits per heavy atom. The summed E-state index contributed by atoms with van der Waals surface area (Å²) in [6, 6.07) is 12.2. The predicted octanol–water partition coefficient (Wildman–Crippen LogP) is 3.38. The lowest BCUT2D eigenvalue weighted by Gasteiger charge is -2.04. The zero-order chi connectivity index (χ0) is 11.4. The van der Waals surface area contributed by atoms with Crippen LogP contribution in [0.15, 0.2) is 40.2 Å². The van der Waals surface area contributed by atoms with Gasteiger partial charge in [0.1, 0.15) is 0 Å². The highest BCUT2D eigenvalue weighted by molar-refractivity contribution is 9.11. The van der Waals surface area contributed by atoms with Gasteiger partial charge < -0.3 is 11.1 Å². The lowest BCUT2D eigenvalue weighted by molar-refractivity contribution is 0.701. The molecule has 0 atom stereocenters. The molecule has 2 rings (SSSR count). The van der Waals surface area contributed by atoms with Crippen molar-refractivity contribution in [2.24, 2.45) is 0 Å². The Labute approximate surface area is 108 Å². The molecule has 1 heterocycles. The number of thiophene rings is 1. The van der Waals surface area contributed by atoms with Gasteiger partial charge in [-0.3, -0.25) is 0 Å². The van der Waals surface area contributed by atoms with Gasteiger partial charge in [-0.1, -0.05) is 12.1 Å². The maximum absolute atomic E-state index is 5.71. The number of anilines is 1. The van der Waals surface area contributed by atoms with E-state index in [9.17, 15) is 0 Å². The third-order valence-corrected chi connectivity index (χ3v) is 3.83. The summed E-state index contributed by atoms with van der Waals surface area (Å²) in [7, 11) is 0. The Bertz CT molecular complexity index is 468. The normalized spacial score (nSPS) is 10.6. The van der Waals surface area contributed by atoms with Crippen molar-refractivity contribution < 1.29 is 0 Å². The molecule has 0 unspecified atom stereocenters. The van der Waals surface area contributed by atoms with E-state index in [1.807, 2.05) is 18.2 Å². The lowest BCUT2D eigenvalue weighted by atomic mass is 10.2. The molecule has 0 aliphatic rings. The second-order valence-electron chi connectivity index (χ2n) is 3.55. The van der Waals surface area contributed by atoms with E-state index in [2.05, 4.69) is 39.4 Å². The molecule has 2 nitrogen and oxygen atoms in total. The second-order valence-corrected chi connectivity index (χ2v) is 6.10. The molecular formula is C12H13BrN2S. The molecule has 0 aliphatic carbocycles. The molecule has 0 radical (unpaired) electrons. The average molecular weight is 297 g/mol. The number of rotatable bonds is 4. The van der Waals surface area contributed by atoms with E-state index >= 15 is 0 Å². The molecule has 0 aliphatic heterocycles. The van der Waals surface area contributed by atoms with Crippen LogP contribution >= 0.6 is 27.3 Å². The van der Waals surface area contributed by atoms with Gasteiger partial charge in [0.2, 0.25) is 0 Å². The van der Waals surface area contributed by atoms with Crippen molar-refractivity contribution in [3.63, 3.8) is 0 Å². The number of benzene rings is 1. The summed E-state index contributed by atoms with van der Waals surface area (Å²) in [5.41, 5.74) is 7.75. The number of nitrogens with two attached hydrogens (primary N) is 1. The van der Waals surface area contributed by atoms with Gasteiger partial charge in [0.15, 0.2) is 0 Å². The number of hydrogen-bond acceptors (Lipinski definition) is 3.